The Balaban J connectivity index is -0.0000000752. The van der Waals surface area contributed by atoms with E-state index in [0.29, 0.717) is 0 Å². The van der Waals surface area contributed by atoms with E-state index in [4.69, 9.17) is 0 Å². The molecule has 0 saturated carbocycles. The quantitative estimate of drug-likeness (QED) is 0.494. The van der Waals surface area contributed by atoms with Crippen molar-refractivity contribution in [1.29, 1.82) is 0 Å². The minimum Gasteiger partial charge on any atom is -0.0683 e. The van der Waals surface area contributed by atoms with E-state index in [0.717, 1.165) is 11.8 Å². The van der Waals surface area contributed by atoms with Crippen LogP contribution in [0.25, 0.3) is 0 Å². The number of hydrogen-bond donors (Lipinski definition) is 0. The second-order valence-electron chi connectivity index (χ2n) is 4.56. The first-order valence-corrected chi connectivity index (χ1v) is 7.49. The summed E-state index contributed by atoms with van der Waals surface area (Å²) in [6.07, 6.45) is 5.22. The van der Waals surface area contributed by atoms with Gasteiger partial charge in [-0.3, -0.25) is 0 Å². The maximum Gasteiger partial charge on any atom is -0.0443 e. The molecule has 1 unspecified atom stereocenters. The molecule has 0 aromatic heterocycles. The lowest BCUT2D eigenvalue weighted by molar-refractivity contribution is 0.429. The van der Waals surface area contributed by atoms with Crippen LogP contribution >= 0.6 is 0 Å². The first-order valence-electron chi connectivity index (χ1n) is 7.49. The van der Waals surface area contributed by atoms with E-state index in [1.807, 2.05) is 13.8 Å². The number of rotatable bonds is 3. The summed E-state index contributed by atoms with van der Waals surface area (Å²) in [5.74, 6) is 1.81. The second kappa shape index (κ2) is 29.4. The van der Waals surface area contributed by atoms with Gasteiger partial charge in [-0.15, -0.1) is 0 Å². The molecular weight excluding hydrogens is 192 g/mol. The van der Waals surface area contributed by atoms with Gasteiger partial charge in [0.15, 0.2) is 0 Å². The van der Waals surface area contributed by atoms with Gasteiger partial charge in [0.05, 0.1) is 0 Å². The third kappa shape index (κ3) is 65.7. The van der Waals surface area contributed by atoms with E-state index < -0.39 is 0 Å². The minimum atomic E-state index is 0.880. The average Bonchev–Trinajstić information content (AvgIpc) is 2.22. The van der Waals surface area contributed by atoms with Crippen LogP contribution in [0, 0.1) is 11.8 Å². The van der Waals surface area contributed by atoms with Crippen molar-refractivity contribution >= 4 is 0 Å². The van der Waals surface area contributed by atoms with Crippen LogP contribution in [0.4, 0.5) is 0 Å². The van der Waals surface area contributed by atoms with E-state index in [9.17, 15) is 0 Å². The Morgan fingerprint density at radius 2 is 0.938 bits per heavy atom. The van der Waals surface area contributed by atoms with Crippen LogP contribution in [-0.4, -0.2) is 0 Å². The molecule has 0 nitrogen and oxygen atoms in total. The molecule has 0 aliphatic carbocycles. The van der Waals surface area contributed by atoms with Crippen molar-refractivity contribution < 1.29 is 0 Å². The summed E-state index contributed by atoms with van der Waals surface area (Å²) in [6.45, 7) is 21.6. The smallest absolute Gasteiger partial charge is 0.0443 e. The van der Waals surface area contributed by atoms with Gasteiger partial charge in [0.25, 0.3) is 0 Å². The molecule has 0 aliphatic heterocycles. The lowest BCUT2D eigenvalue weighted by Crippen LogP contribution is -1.97. The van der Waals surface area contributed by atoms with Crippen molar-refractivity contribution in [2.24, 2.45) is 11.8 Å². The Morgan fingerprint density at radius 3 is 1.00 bits per heavy atom. The van der Waals surface area contributed by atoms with E-state index in [2.05, 4.69) is 55.4 Å². The SMILES string of the molecule is CC.CCC.CCC.CCC(C)CC(C)C. The Hall–Kier alpha value is 0. The zero-order valence-corrected chi connectivity index (χ0v) is 14.0. The predicted octanol–water partition coefficient (Wildman–Crippen LogP) is 6.94. The first-order chi connectivity index (χ1) is 7.49. The zero-order chi connectivity index (χ0) is 14.0. The fourth-order valence-corrected chi connectivity index (χ4v) is 0.971. The van der Waals surface area contributed by atoms with Crippen molar-refractivity contribution in [3.05, 3.63) is 0 Å². The lowest BCUT2D eigenvalue weighted by atomic mass is 9.97. The molecule has 0 N–H and O–H groups in total. The predicted molar refractivity (Wildman–Crippen MR) is 82.2 cm³/mol. The summed E-state index contributed by atoms with van der Waals surface area (Å²) in [5.41, 5.74) is 0. The van der Waals surface area contributed by atoms with Crippen molar-refractivity contribution in [1.82, 2.24) is 0 Å². The molecule has 0 bridgehead atoms. The van der Waals surface area contributed by atoms with Crippen LogP contribution in [0.5, 0.6) is 0 Å². The van der Waals surface area contributed by atoms with E-state index in [1.54, 1.807) is 0 Å². The highest BCUT2D eigenvalue weighted by Gasteiger charge is 2.00. The van der Waals surface area contributed by atoms with E-state index in [-0.39, 0.29) is 0 Å². The number of hydrogen-bond acceptors (Lipinski definition) is 0. The fourth-order valence-electron chi connectivity index (χ4n) is 0.971. The van der Waals surface area contributed by atoms with Gasteiger partial charge in [-0.05, 0) is 18.3 Å². The Bertz CT molecular complexity index is 62.4. The first kappa shape index (κ1) is 25.0. The summed E-state index contributed by atoms with van der Waals surface area (Å²) < 4.78 is 0. The zero-order valence-electron chi connectivity index (χ0n) is 14.0. The summed E-state index contributed by atoms with van der Waals surface area (Å²) in [5, 5.41) is 0. The van der Waals surface area contributed by atoms with Gasteiger partial charge >= 0.3 is 0 Å². The van der Waals surface area contributed by atoms with Gasteiger partial charge in [0.1, 0.15) is 0 Å². The average molecular weight is 232 g/mol. The maximum absolute atomic E-state index is 2.32. The normalized spacial score (nSPS) is 9.94. The highest BCUT2D eigenvalue weighted by Crippen LogP contribution is 2.12. The molecule has 0 heteroatoms. The molecule has 1 atom stereocenters. The highest BCUT2D eigenvalue weighted by molar-refractivity contribution is 4.52. The highest BCUT2D eigenvalue weighted by atomic mass is 14.1. The Labute approximate surface area is 107 Å². The fraction of sp³-hybridized carbons (Fsp3) is 1.00. The van der Waals surface area contributed by atoms with Crippen molar-refractivity contribution in [2.45, 2.75) is 94.9 Å². The van der Waals surface area contributed by atoms with Crippen LogP contribution in [-0.2, 0) is 0 Å². The van der Waals surface area contributed by atoms with E-state index in [1.165, 1.54) is 25.7 Å². The van der Waals surface area contributed by atoms with Gasteiger partial charge in [0.2, 0.25) is 0 Å². The third-order valence-corrected chi connectivity index (χ3v) is 1.57. The van der Waals surface area contributed by atoms with Crippen molar-refractivity contribution in [3.8, 4) is 0 Å². The largest absolute Gasteiger partial charge is 0.0683 e. The molecule has 0 fully saturated rings. The van der Waals surface area contributed by atoms with Gasteiger partial charge in [-0.2, -0.15) is 0 Å². The second-order valence-corrected chi connectivity index (χ2v) is 4.56. The van der Waals surface area contributed by atoms with Crippen LogP contribution in [0.1, 0.15) is 94.9 Å². The summed E-state index contributed by atoms with van der Waals surface area (Å²) in [6, 6.07) is 0. The molecular formula is C16H40. The molecule has 0 aliphatic rings. The van der Waals surface area contributed by atoms with Crippen LogP contribution < -0.4 is 0 Å². The molecule has 0 radical (unpaired) electrons. The molecule has 104 valence electrons. The van der Waals surface area contributed by atoms with E-state index >= 15 is 0 Å². The summed E-state index contributed by atoms with van der Waals surface area (Å²) in [7, 11) is 0. The summed E-state index contributed by atoms with van der Waals surface area (Å²) in [4.78, 5) is 0. The van der Waals surface area contributed by atoms with Crippen LogP contribution in [0.2, 0.25) is 0 Å². The molecule has 0 saturated heterocycles. The summed E-state index contributed by atoms with van der Waals surface area (Å²) >= 11 is 0. The third-order valence-electron chi connectivity index (χ3n) is 1.57. The van der Waals surface area contributed by atoms with Gasteiger partial charge in [-0.25, -0.2) is 0 Å². The minimum absolute atomic E-state index is 0.880. The van der Waals surface area contributed by atoms with Gasteiger partial charge < -0.3 is 0 Å². The van der Waals surface area contributed by atoms with Crippen molar-refractivity contribution in [2.75, 3.05) is 0 Å². The van der Waals surface area contributed by atoms with Crippen LogP contribution in [0.15, 0.2) is 0 Å². The molecule has 0 amide bonds. The lowest BCUT2D eigenvalue weighted by Gasteiger charge is -2.09. The molecule has 0 aromatic carbocycles. The van der Waals surface area contributed by atoms with Crippen molar-refractivity contribution in [3.63, 3.8) is 0 Å². The standard InChI is InChI=1S/C8H18.2C3H8.C2H6/c1-5-8(4)6-7(2)3;2*1-3-2;1-2/h7-8H,5-6H2,1-4H3;2*3H2,1-2H3;1-2H3. The van der Waals surface area contributed by atoms with Gasteiger partial charge in [0, 0.05) is 0 Å². The molecule has 0 rings (SSSR count). The maximum atomic E-state index is 2.32. The molecule has 0 heterocycles. The molecule has 16 heavy (non-hydrogen) atoms. The Kier molecular flexibility index (Phi) is 45.9. The van der Waals surface area contributed by atoms with Gasteiger partial charge in [-0.1, -0.05) is 88.5 Å². The van der Waals surface area contributed by atoms with Crippen LogP contribution in [0.3, 0.4) is 0 Å². The monoisotopic (exact) mass is 232 g/mol. The topological polar surface area (TPSA) is 0 Å². The molecule has 0 spiro atoms. The molecule has 0 aromatic rings. The Morgan fingerprint density at radius 1 is 0.688 bits per heavy atom.